The molecule has 0 unspecified atom stereocenters. The van der Waals surface area contributed by atoms with E-state index in [9.17, 15) is 14.4 Å². The molecule has 10 heteroatoms. The molecular formula is C20H31Cl3N2O5. The maximum atomic E-state index is 13.3. The van der Waals surface area contributed by atoms with E-state index >= 15 is 0 Å². The molecule has 0 aromatic carbocycles. The number of nitrogens with zero attached hydrogens (tertiary/aromatic N) is 1. The highest BCUT2D eigenvalue weighted by Gasteiger charge is 2.42. The third-order valence-corrected chi connectivity index (χ3v) is 4.86. The molecule has 0 saturated heterocycles. The zero-order valence-electron chi connectivity index (χ0n) is 18.3. The van der Waals surface area contributed by atoms with E-state index in [0.29, 0.717) is 12.2 Å². The first-order valence-corrected chi connectivity index (χ1v) is 10.9. The van der Waals surface area contributed by atoms with Gasteiger partial charge in [-0.15, -0.1) is 0 Å². The molecule has 0 fully saturated rings. The summed E-state index contributed by atoms with van der Waals surface area (Å²) in [5.41, 5.74) is -0.529. The van der Waals surface area contributed by atoms with E-state index in [1.807, 2.05) is 34.6 Å². The number of rotatable bonds is 9. The smallest absolute Gasteiger partial charge is 0.257 e. The molecule has 0 aliphatic carbocycles. The highest BCUT2D eigenvalue weighted by Crippen LogP contribution is 2.33. The van der Waals surface area contributed by atoms with Crippen molar-refractivity contribution in [3.05, 3.63) is 11.8 Å². The summed E-state index contributed by atoms with van der Waals surface area (Å²) in [7, 11) is 1.45. The molecule has 0 spiro atoms. The van der Waals surface area contributed by atoms with E-state index in [-0.39, 0.29) is 25.4 Å². The van der Waals surface area contributed by atoms with Crippen molar-refractivity contribution in [1.29, 1.82) is 0 Å². The average Bonchev–Trinajstić information content (AvgIpc) is 2.89. The SMILES string of the molecule is COC1=CC(=O)N(C(=O)[C@@H](CCC(Cl)(Cl)Cl)NC(=O)COC(C)(C)C)[C@@H]1CC(C)C. The monoisotopic (exact) mass is 484 g/mol. The number of hydrogen-bond donors (Lipinski definition) is 1. The molecule has 0 aromatic heterocycles. The van der Waals surface area contributed by atoms with Gasteiger partial charge in [0.25, 0.3) is 11.8 Å². The fraction of sp³-hybridized carbons (Fsp3) is 0.750. The minimum Gasteiger partial charge on any atom is -0.499 e. The summed E-state index contributed by atoms with van der Waals surface area (Å²) >= 11 is 17.5. The number of halogens is 3. The Balaban J connectivity index is 3.04. The topological polar surface area (TPSA) is 84.9 Å². The van der Waals surface area contributed by atoms with Crippen molar-refractivity contribution in [2.45, 2.75) is 75.4 Å². The second kappa shape index (κ2) is 11.0. The number of carbonyl (C=O) groups is 3. The van der Waals surface area contributed by atoms with E-state index < -0.39 is 39.2 Å². The van der Waals surface area contributed by atoms with Gasteiger partial charge in [0.2, 0.25) is 5.91 Å². The van der Waals surface area contributed by atoms with Crippen LogP contribution in [0.15, 0.2) is 11.8 Å². The minimum atomic E-state index is -1.60. The van der Waals surface area contributed by atoms with Crippen molar-refractivity contribution in [1.82, 2.24) is 10.2 Å². The Bertz CT molecular complexity index is 668. The Kier molecular flexibility index (Phi) is 9.93. The summed E-state index contributed by atoms with van der Waals surface area (Å²) < 4.78 is 9.16. The lowest BCUT2D eigenvalue weighted by molar-refractivity contribution is -0.147. The molecule has 2 atom stereocenters. The Labute approximate surface area is 193 Å². The van der Waals surface area contributed by atoms with Gasteiger partial charge in [-0.3, -0.25) is 19.3 Å². The van der Waals surface area contributed by atoms with Crippen LogP contribution in [0.4, 0.5) is 0 Å². The largest absolute Gasteiger partial charge is 0.499 e. The Morgan fingerprint density at radius 3 is 2.30 bits per heavy atom. The van der Waals surface area contributed by atoms with E-state index in [1.165, 1.54) is 13.2 Å². The van der Waals surface area contributed by atoms with Crippen LogP contribution in [0.5, 0.6) is 0 Å². The molecule has 1 aliphatic heterocycles. The van der Waals surface area contributed by atoms with Crippen molar-refractivity contribution < 1.29 is 23.9 Å². The van der Waals surface area contributed by atoms with Crippen molar-refractivity contribution in [2.75, 3.05) is 13.7 Å². The first kappa shape index (κ1) is 27.0. The Morgan fingerprint density at radius 1 is 1.23 bits per heavy atom. The van der Waals surface area contributed by atoms with Crippen LogP contribution in [0.25, 0.3) is 0 Å². The molecule has 0 aromatic rings. The van der Waals surface area contributed by atoms with Crippen molar-refractivity contribution >= 4 is 52.5 Å². The zero-order chi connectivity index (χ0) is 23.3. The summed E-state index contributed by atoms with van der Waals surface area (Å²) in [6, 6.07) is -1.60. The van der Waals surface area contributed by atoms with E-state index in [0.717, 1.165) is 4.90 Å². The molecule has 1 aliphatic rings. The van der Waals surface area contributed by atoms with E-state index in [1.54, 1.807) is 0 Å². The summed E-state index contributed by atoms with van der Waals surface area (Å²) in [5.74, 6) is -0.970. The fourth-order valence-electron chi connectivity index (χ4n) is 2.94. The van der Waals surface area contributed by atoms with Gasteiger partial charge in [0.1, 0.15) is 18.4 Å². The van der Waals surface area contributed by atoms with Gasteiger partial charge < -0.3 is 14.8 Å². The number of carbonyl (C=O) groups excluding carboxylic acids is 3. The predicted molar refractivity (Wildman–Crippen MR) is 117 cm³/mol. The van der Waals surface area contributed by atoms with Crippen LogP contribution < -0.4 is 5.32 Å². The standard InChI is InChI=1S/C20H31Cl3N2O5/c1-12(2)9-14-15(29-6)10-17(27)25(14)18(28)13(7-8-20(21,22)23)24-16(26)11-30-19(3,4)5/h10,12-14H,7-9,11H2,1-6H3,(H,24,26)/t13-,14-/m1/s1. The number of hydrogen-bond acceptors (Lipinski definition) is 5. The fourth-order valence-corrected chi connectivity index (χ4v) is 3.27. The molecule has 172 valence electrons. The third-order valence-electron chi connectivity index (χ3n) is 4.30. The summed E-state index contributed by atoms with van der Waals surface area (Å²) in [6.45, 7) is 9.14. The van der Waals surface area contributed by atoms with Gasteiger partial charge in [0, 0.05) is 6.08 Å². The number of methoxy groups -OCH3 is 1. The van der Waals surface area contributed by atoms with Crippen molar-refractivity contribution in [3.8, 4) is 0 Å². The molecule has 1 N–H and O–H groups in total. The van der Waals surface area contributed by atoms with Gasteiger partial charge in [0.15, 0.2) is 3.79 Å². The van der Waals surface area contributed by atoms with Crippen LogP contribution in [-0.2, 0) is 23.9 Å². The maximum Gasteiger partial charge on any atom is 0.257 e. The molecule has 30 heavy (non-hydrogen) atoms. The van der Waals surface area contributed by atoms with Gasteiger partial charge in [-0.25, -0.2) is 0 Å². The number of alkyl halides is 3. The van der Waals surface area contributed by atoms with E-state index in [2.05, 4.69) is 5.32 Å². The molecule has 1 rings (SSSR count). The average molecular weight is 486 g/mol. The molecule has 7 nitrogen and oxygen atoms in total. The highest BCUT2D eigenvalue weighted by molar-refractivity contribution is 6.67. The zero-order valence-corrected chi connectivity index (χ0v) is 20.5. The van der Waals surface area contributed by atoms with Gasteiger partial charge in [-0.1, -0.05) is 48.7 Å². The molecule has 0 saturated carbocycles. The van der Waals surface area contributed by atoms with Crippen LogP contribution >= 0.6 is 34.8 Å². The van der Waals surface area contributed by atoms with E-state index in [4.69, 9.17) is 44.3 Å². The molecule has 0 bridgehead atoms. The summed E-state index contributed by atoms with van der Waals surface area (Å²) in [4.78, 5) is 39.3. The van der Waals surface area contributed by atoms with Gasteiger partial charge >= 0.3 is 0 Å². The second-order valence-corrected chi connectivity index (χ2v) is 11.1. The number of ether oxygens (including phenoxy) is 2. The van der Waals surface area contributed by atoms with Gasteiger partial charge in [-0.2, -0.15) is 0 Å². The van der Waals surface area contributed by atoms with Crippen LogP contribution in [0.3, 0.4) is 0 Å². The van der Waals surface area contributed by atoms with Crippen LogP contribution in [0.1, 0.15) is 53.9 Å². The number of imide groups is 1. The Hall–Kier alpha value is -1.02. The lowest BCUT2D eigenvalue weighted by Gasteiger charge is -2.30. The minimum absolute atomic E-state index is 0.00984. The quantitative estimate of drug-likeness (QED) is 0.503. The third kappa shape index (κ3) is 9.00. The second-order valence-electron chi connectivity index (χ2n) is 8.62. The highest BCUT2D eigenvalue weighted by atomic mass is 35.6. The maximum absolute atomic E-state index is 13.3. The lowest BCUT2D eigenvalue weighted by Crippen LogP contribution is -2.53. The van der Waals surface area contributed by atoms with Crippen LogP contribution in [0, 0.1) is 5.92 Å². The normalized spacial score (nSPS) is 18.5. The molecule has 3 amide bonds. The predicted octanol–water partition coefficient (Wildman–Crippen LogP) is 3.75. The number of nitrogens with one attached hydrogen (secondary N) is 1. The first-order chi connectivity index (χ1) is 13.6. The molecule has 0 radical (unpaired) electrons. The first-order valence-electron chi connectivity index (χ1n) is 9.77. The summed E-state index contributed by atoms with van der Waals surface area (Å²) in [6.07, 6.45) is 1.86. The van der Waals surface area contributed by atoms with Gasteiger partial charge in [-0.05, 0) is 46.0 Å². The lowest BCUT2D eigenvalue weighted by atomic mass is 10.0. The van der Waals surface area contributed by atoms with Gasteiger partial charge in [0.05, 0.1) is 18.8 Å². The molecule has 1 heterocycles. The Morgan fingerprint density at radius 2 is 1.83 bits per heavy atom. The van der Waals surface area contributed by atoms with Crippen molar-refractivity contribution in [3.63, 3.8) is 0 Å². The van der Waals surface area contributed by atoms with Crippen LogP contribution in [-0.4, -0.2) is 57.8 Å². The summed E-state index contributed by atoms with van der Waals surface area (Å²) in [5, 5.41) is 2.62. The number of amides is 3. The molecular weight excluding hydrogens is 455 g/mol. The van der Waals surface area contributed by atoms with Crippen molar-refractivity contribution in [2.24, 2.45) is 5.92 Å². The van der Waals surface area contributed by atoms with Crippen LogP contribution in [0.2, 0.25) is 0 Å².